The SMILES string of the molecule is O=CC(=Cc1ccccc1)C(=O)Nc1ccccc1. The Kier molecular flexibility index (Phi) is 4.24. The first-order chi connectivity index (χ1) is 9.29. The molecule has 0 saturated heterocycles. The highest BCUT2D eigenvalue weighted by Crippen LogP contribution is 2.09. The fourth-order valence-corrected chi connectivity index (χ4v) is 1.61. The molecule has 1 N–H and O–H groups in total. The van der Waals surface area contributed by atoms with E-state index in [-0.39, 0.29) is 5.57 Å². The molecule has 94 valence electrons. The van der Waals surface area contributed by atoms with Crippen LogP contribution in [0.5, 0.6) is 0 Å². The number of nitrogens with one attached hydrogen (secondary N) is 1. The van der Waals surface area contributed by atoms with Crippen molar-refractivity contribution in [3.63, 3.8) is 0 Å². The number of hydrogen-bond acceptors (Lipinski definition) is 2. The zero-order valence-electron chi connectivity index (χ0n) is 10.2. The fraction of sp³-hybridized carbons (Fsp3) is 0. The first-order valence-electron chi connectivity index (χ1n) is 5.88. The number of hydrogen-bond donors (Lipinski definition) is 1. The Hall–Kier alpha value is -2.68. The molecule has 0 fully saturated rings. The van der Waals surface area contributed by atoms with Gasteiger partial charge in [-0.05, 0) is 23.8 Å². The Balaban J connectivity index is 2.16. The van der Waals surface area contributed by atoms with Crippen molar-refractivity contribution in [2.75, 3.05) is 5.32 Å². The maximum Gasteiger partial charge on any atom is 0.258 e. The van der Waals surface area contributed by atoms with Crippen LogP contribution in [0.3, 0.4) is 0 Å². The van der Waals surface area contributed by atoms with Crippen molar-refractivity contribution in [2.24, 2.45) is 0 Å². The third kappa shape index (κ3) is 3.64. The van der Waals surface area contributed by atoms with Gasteiger partial charge in [0, 0.05) is 5.69 Å². The Bertz CT molecular complexity index is 589. The van der Waals surface area contributed by atoms with Gasteiger partial charge >= 0.3 is 0 Å². The molecule has 2 aromatic carbocycles. The van der Waals surface area contributed by atoms with E-state index in [0.717, 1.165) is 5.56 Å². The topological polar surface area (TPSA) is 46.2 Å². The van der Waals surface area contributed by atoms with E-state index < -0.39 is 5.91 Å². The van der Waals surface area contributed by atoms with Gasteiger partial charge in [-0.25, -0.2) is 0 Å². The predicted octanol–water partition coefficient (Wildman–Crippen LogP) is 2.91. The first-order valence-corrected chi connectivity index (χ1v) is 5.88. The van der Waals surface area contributed by atoms with Gasteiger partial charge in [0.05, 0.1) is 5.57 Å². The summed E-state index contributed by atoms with van der Waals surface area (Å²) >= 11 is 0. The number of rotatable bonds is 4. The molecule has 0 aromatic heterocycles. The van der Waals surface area contributed by atoms with E-state index in [1.54, 1.807) is 18.2 Å². The fourth-order valence-electron chi connectivity index (χ4n) is 1.61. The van der Waals surface area contributed by atoms with Crippen LogP contribution in [0.25, 0.3) is 6.08 Å². The van der Waals surface area contributed by atoms with Crippen molar-refractivity contribution in [1.29, 1.82) is 0 Å². The minimum atomic E-state index is -0.412. The van der Waals surface area contributed by atoms with Crippen molar-refractivity contribution in [3.05, 3.63) is 71.8 Å². The second-order valence-electron chi connectivity index (χ2n) is 3.95. The maximum absolute atomic E-state index is 11.9. The quantitative estimate of drug-likeness (QED) is 0.393. The summed E-state index contributed by atoms with van der Waals surface area (Å²) in [4.78, 5) is 22.9. The van der Waals surface area contributed by atoms with Crippen LogP contribution in [-0.4, -0.2) is 12.2 Å². The van der Waals surface area contributed by atoms with Gasteiger partial charge in [0.1, 0.15) is 0 Å². The summed E-state index contributed by atoms with van der Waals surface area (Å²) < 4.78 is 0. The third-order valence-corrected chi connectivity index (χ3v) is 2.54. The molecular formula is C16H13NO2. The monoisotopic (exact) mass is 251 g/mol. The molecule has 0 aliphatic carbocycles. The summed E-state index contributed by atoms with van der Waals surface area (Å²) in [5.41, 5.74) is 1.57. The van der Waals surface area contributed by atoms with Crippen molar-refractivity contribution in [3.8, 4) is 0 Å². The lowest BCUT2D eigenvalue weighted by molar-refractivity contribution is -0.115. The van der Waals surface area contributed by atoms with Crippen LogP contribution in [-0.2, 0) is 9.59 Å². The van der Waals surface area contributed by atoms with Gasteiger partial charge in [0.2, 0.25) is 0 Å². The number of benzene rings is 2. The van der Waals surface area contributed by atoms with E-state index >= 15 is 0 Å². The number of aldehydes is 1. The Morgan fingerprint density at radius 2 is 1.47 bits per heavy atom. The normalized spacial score (nSPS) is 10.8. The Labute approximate surface area is 111 Å². The zero-order valence-corrected chi connectivity index (χ0v) is 10.2. The number of anilines is 1. The van der Waals surface area contributed by atoms with Gasteiger partial charge in [-0.3, -0.25) is 9.59 Å². The molecule has 2 aromatic rings. The molecule has 3 heteroatoms. The van der Waals surface area contributed by atoms with E-state index in [2.05, 4.69) is 5.32 Å². The van der Waals surface area contributed by atoms with E-state index in [9.17, 15) is 9.59 Å². The third-order valence-electron chi connectivity index (χ3n) is 2.54. The van der Waals surface area contributed by atoms with Gasteiger partial charge in [-0.2, -0.15) is 0 Å². The highest BCUT2D eigenvalue weighted by atomic mass is 16.2. The molecule has 3 nitrogen and oxygen atoms in total. The smallest absolute Gasteiger partial charge is 0.258 e. The van der Waals surface area contributed by atoms with Crippen molar-refractivity contribution in [2.45, 2.75) is 0 Å². The zero-order chi connectivity index (χ0) is 13.5. The van der Waals surface area contributed by atoms with Crippen molar-refractivity contribution < 1.29 is 9.59 Å². The molecule has 0 spiro atoms. The van der Waals surface area contributed by atoms with Crippen LogP contribution in [0.15, 0.2) is 66.2 Å². The summed E-state index contributed by atoms with van der Waals surface area (Å²) in [7, 11) is 0. The molecule has 0 atom stereocenters. The lowest BCUT2D eigenvalue weighted by Gasteiger charge is -2.04. The van der Waals surface area contributed by atoms with Crippen LogP contribution in [0.2, 0.25) is 0 Å². The van der Waals surface area contributed by atoms with E-state index in [0.29, 0.717) is 12.0 Å². The van der Waals surface area contributed by atoms with Crippen LogP contribution in [0.4, 0.5) is 5.69 Å². The predicted molar refractivity (Wildman–Crippen MR) is 75.6 cm³/mol. The summed E-state index contributed by atoms with van der Waals surface area (Å²) in [6.07, 6.45) is 2.12. The standard InChI is InChI=1S/C16H13NO2/c18-12-14(11-13-7-3-1-4-8-13)16(19)17-15-9-5-2-6-10-15/h1-12H,(H,17,19). The van der Waals surface area contributed by atoms with Crippen LogP contribution < -0.4 is 5.32 Å². The lowest BCUT2D eigenvalue weighted by atomic mass is 10.1. The average Bonchev–Trinajstić information content (AvgIpc) is 2.47. The van der Waals surface area contributed by atoms with Gasteiger partial charge in [0.15, 0.2) is 6.29 Å². The molecule has 0 saturated carbocycles. The lowest BCUT2D eigenvalue weighted by Crippen LogP contribution is -2.15. The molecule has 19 heavy (non-hydrogen) atoms. The van der Waals surface area contributed by atoms with E-state index in [1.807, 2.05) is 48.5 Å². The number of carbonyl (C=O) groups excluding carboxylic acids is 2. The van der Waals surface area contributed by atoms with Crippen LogP contribution in [0, 0.1) is 0 Å². The maximum atomic E-state index is 11.9. The largest absolute Gasteiger partial charge is 0.322 e. The number of amides is 1. The van der Waals surface area contributed by atoms with Crippen molar-refractivity contribution in [1.82, 2.24) is 0 Å². The molecule has 0 aliphatic heterocycles. The summed E-state index contributed by atoms with van der Waals surface area (Å²) in [6, 6.07) is 18.3. The van der Waals surface area contributed by atoms with Gasteiger partial charge in [-0.15, -0.1) is 0 Å². The Morgan fingerprint density at radius 1 is 0.895 bits per heavy atom. The highest BCUT2D eigenvalue weighted by molar-refractivity contribution is 6.19. The highest BCUT2D eigenvalue weighted by Gasteiger charge is 2.08. The molecule has 0 unspecified atom stereocenters. The number of carbonyl (C=O) groups is 2. The van der Waals surface area contributed by atoms with E-state index in [4.69, 9.17) is 0 Å². The summed E-state index contributed by atoms with van der Waals surface area (Å²) in [5, 5.41) is 2.67. The minimum Gasteiger partial charge on any atom is -0.322 e. The van der Waals surface area contributed by atoms with Crippen molar-refractivity contribution >= 4 is 24.0 Å². The molecule has 2 rings (SSSR count). The average molecular weight is 251 g/mol. The van der Waals surface area contributed by atoms with Gasteiger partial charge < -0.3 is 5.32 Å². The Morgan fingerprint density at radius 3 is 2.05 bits per heavy atom. The van der Waals surface area contributed by atoms with Gasteiger partial charge in [-0.1, -0.05) is 48.5 Å². The van der Waals surface area contributed by atoms with E-state index in [1.165, 1.54) is 0 Å². The number of para-hydroxylation sites is 1. The minimum absolute atomic E-state index is 0.0926. The summed E-state index contributed by atoms with van der Waals surface area (Å²) in [5.74, 6) is -0.412. The van der Waals surface area contributed by atoms with Gasteiger partial charge in [0.25, 0.3) is 5.91 Å². The molecule has 0 heterocycles. The van der Waals surface area contributed by atoms with Crippen LogP contribution >= 0.6 is 0 Å². The second kappa shape index (κ2) is 6.31. The summed E-state index contributed by atoms with van der Waals surface area (Å²) in [6.45, 7) is 0. The molecule has 1 amide bonds. The molecular weight excluding hydrogens is 238 g/mol. The van der Waals surface area contributed by atoms with Crippen LogP contribution in [0.1, 0.15) is 5.56 Å². The second-order valence-corrected chi connectivity index (χ2v) is 3.95. The molecule has 0 radical (unpaired) electrons. The molecule has 0 bridgehead atoms. The first kappa shape index (κ1) is 12.8. The molecule has 0 aliphatic rings.